The Morgan fingerprint density at radius 3 is 0.716 bits per heavy atom. The summed E-state index contributed by atoms with van der Waals surface area (Å²) >= 11 is 0. The van der Waals surface area contributed by atoms with E-state index in [-0.39, 0.29) is 25.7 Å². The summed E-state index contributed by atoms with van der Waals surface area (Å²) in [7, 11) is -9.90. The molecular formula is C76H148O17P2. The molecule has 0 fully saturated rings. The van der Waals surface area contributed by atoms with E-state index < -0.39 is 97.5 Å². The number of esters is 4. The predicted molar refractivity (Wildman–Crippen MR) is 386 cm³/mol. The molecule has 0 aliphatic carbocycles. The third-order valence-corrected chi connectivity index (χ3v) is 19.7. The fourth-order valence-electron chi connectivity index (χ4n) is 11.7. The topological polar surface area (TPSA) is 237 Å². The fraction of sp³-hybridized carbons (Fsp3) is 0.947. The van der Waals surface area contributed by atoms with Crippen molar-refractivity contribution in [2.45, 2.75) is 419 Å². The SMILES string of the molecule is CCCCCCCCCCCCCCCCCCCCCCCC(=O)O[C@H](COC(=O)CCCCCCCCCCCCCCCCC(C)C)COP(=O)(O)OC[C@@H](O)COP(=O)(O)OC[C@@H](COC(=O)CCCCCCCCC)OC(=O)CCCCCCCCCCCC. The van der Waals surface area contributed by atoms with Crippen LogP contribution in [0.3, 0.4) is 0 Å². The van der Waals surface area contributed by atoms with Crippen LogP contribution in [0.2, 0.25) is 0 Å². The molecule has 564 valence electrons. The van der Waals surface area contributed by atoms with Crippen LogP contribution >= 0.6 is 15.6 Å². The van der Waals surface area contributed by atoms with Crippen molar-refractivity contribution in [3.05, 3.63) is 0 Å². The number of carbonyl (C=O) groups excluding carboxylic acids is 4. The van der Waals surface area contributed by atoms with Crippen molar-refractivity contribution in [2.75, 3.05) is 39.6 Å². The van der Waals surface area contributed by atoms with Crippen LogP contribution in [-0.4, -0.2) is 96.7 Å². The van der Waals surface area contributed by atoms with Gasteiger partial charge in [-0.2, -0.15) is 0 Å². The van der Waals surface area contributed by atoms with E-state index in [2.05, 4.69) is 34.6 Å². The van der Waals surface area contributed by atoms with E-state index in [9.17, 15) is 43.2 Å². The maximum atomic E-state index is 13.1. The van der Waals surface area contributed by atoms with Gasteiger partial charge in [0.25, 0.3) is 0 Å². The van der Waals surface area contributed by atoms with Crippen LogP contribution in [0.15, 0.2) is 0 Å². The van der Waals surface area contributed by atoms with Crippen LogP contribution in [-0.2, 0) is 65.4 Å². The minimum Gasteiger partial charge on any atom is -0.462 e. The Bertz CT molecular complexity index is 1820. The van der Waals surface area contributed by atoms with Gasteiger partial charge in [-0.25, -0.2) is 9.13 Å². The van der Waals surface area contributed by atoms with Crippen molar-refractivity contribution in [3.63, 3.8) is 0 Å². The minimum atomic E-state index is -4.96. The normalized spacial score (nSPS) is 13.9. The molecule has 0 amide bonds. The van der Waals surface area contributed by atoms with Crippen molar-refractivity contribution in [1.29, 1.82) is 0 Å². The number of unbranched alkanes of at least 4 members (excludes halogenated alkanes) is 48. The van der Waals surface area contributed by atoms with Crippen molar-refractivity contribution in [3.8, 4) is 0 Å². The lowest BCUT2D eigenvalue weighted by molar-refractivity contribution is -0.161. The van der Waals surface area contributed by atoms with Gasteiger partial charge in [-0.1, -0.05) is 349 Å². The van der Waals surface area contributed by atoms with Crippen LogP contribution in [0.1, 0.15) is 401 Å². The lowest BCUT2D eigenvalue weighted by Gasteiger charge is -2.21. The van der Waals surface area contributed by atoms with Gasteiger partial charge in [-0.05, 0) is 31.6 Å². The number of phosphoric ester groups is 2. The van der Waals surface area contributed by atoms with E-state index in [1.54, 1.807) is 0 Å². The van der Waals surface area contributed by atoms with Gasteiger partial charge in [0.15, 0.2) is 12.2 Å². The van der Waals surface area contributed by atoms with Crippen LogP contribution in [0.25, 0.3) is 0 Å². The van der Waals surface area contributed by atoms with Gasteiger partial charge in [0.1, 0.15) is 19.3 Å². The quantitative estimate of drug-likeness (QED) is 0.0222. The molecule has 0 aromatic rings. The summed E-state index contributed by atoms with van der Waals surface area (Å²) in [6.45, 7) is 7.26. The summed E-state index contributed by atoms with van der Waals surface area (Å²) in [5.41, 5.74) is 0. The highest BCUT2D eigenvalue weighted by atomic mass is 31.2. The lowest BCUT2D eigenvalue weighted by atomic mass is 10.0. The molecule has 0 rings (SSSR count). The fourth-order valence-corrected chi connectivity index (χ4v) is 13.3. The molecular weight excluding hydrogens is 1250 g/mol. The molecule has 5 atom stereocenters. The molecule has 0 saturated carbocycles. The Labute approximate surface area is 581 Å². The van der Waals surface area contributed by atoms with E-state index in [1.807, 2.05) is 0 Å². The first kappa shape index (κ1) is 93.1. The van der Waals surface area contributed by atoms with E-state index in [4.69, 9.17) is 37.0 Å². The molecule has 0 aromatic heterocycles. The van der Waals surface area contributed by atoms with E-state index >= 15 is 0 Å². The first-order valence-corrected chi connectivity index (χ1v) is 42.6. The van der Waals surface area contributed by atoms with Gasteiger partial charge in [-0.15, -0.1) is 0 Å². The molecule has 19 heteroatoms. The van der Waals surface area contributed by atoms with E-state index in [0.717, 1.165) is 109 Å². The molecule has 95 heavy (non-hydrogen) atoms. The predicted octanol–water partition coefficient (Wildman–Crippen LogP) is 22.5. The van der Waals surface area contributed by atoms with Crippen molar-refractivity contribution in [2.24, 2.45) is 5.92 Å². The summed E-state index contributed by atoms with van der Waals surface area (Å²) in [5, 5.41) is 10.6. The first-order valence-electron chi connectivity index (χ1n) is 39.6. The smallest absolute Gasteiger partial charge is 0.462 e. The molecule has 3 N–H and O–H groups in total. The van der Waals surface area contributed by atoms with Crippen molar-refractivity contribution < 1.29 is 80.2 Å². The van der Waals surface area contributed by atoms with E-state index in [1.165, 1.54) is 212 Å². The van der Waals surface area contributed by atoms with Crippen molar-refractivity contribution in [1.82, 2.24) is 0 Å². The number of aliphatic hydroxyl groups is 1. The Hall–Kier alpha value is -1.94. The second kappa shape index (κ2) is 69.2. The molecule has 0 aliphatic rings. The molecule has 0 spiro atoms. The van der Waals surface area contributed by atoms with Gasteiger partial charge >= 0.3 is 39.5 Å². The zero-order valence-electron chi connectivity index (χ0n) is 61.8. The Balaban J connectivity index is 5.15. The van der Waals surface area contributed by atoms with Gasteiger partial charge in [0.05, 0.1) is 26.4 Å². The number of phosphoric acid groups is 2. The summed E-state index contributed by atoms with van der Waals surface area (Å²) in [4.78, 5) is 72.6. The molecule has 0 heterocycles. The zero-order valence-corrected chi connectivity index (χ0v) is 63.6. The largest absolute Gasteiger partial charge is 0.472 e. The third kappa shape index (κ3) is 70.3. The second-order valence-corrected chi connectivity index (χ2v) is 30.8. The molecule has 0 bridgehead atoms. The monoisotopic (exact) mass is 1400 g/mol. The minimum absolute atomic E-state index is 0.106. The average molecular weight is 1400 g/mol. The zero-order chi connectivity index (χ0) is 69.8. The second-order valence-electron chi connectivity index (χ2n) is 27.9. The number of aliphatic hydroxyl groups excluding tert-OH is 1. The van der Waals surface area contributed by atoms with Crippen LogP contribution in [0.4, 0.5) is 0 Å². The van der Waals surface area contributed by atoms with Crippen molar-refractivity contribution >= 4 is 39.5 Å². The number of rotatable bonds is 76. The molecule has 0 saturated heterocycles. The Morgan fingerprint density at radius 2 is 0.484 bits per heavy atom. The molecule has 2 unspecified atom stereocenters. The standard InChI is InChI=1S/C76H148O17P2/c1-6-9-12-15-18-20-22-23-24-25-26-27-28-29-30-35-38-42-47-52-57-62-76(81)93-72(66-87-74(79)60-55-50-45-41-37-34-32-31-33-36-39-44-48-53-58-69(4)5)68-91-95(84,85)89-64-70(77)63-88-94(82,83)90-67-71(65-86-73(78)59-54-49-43-17-14-11-8-3)92-75(80)61-56-51-46-40-21-19-16-13-10-7-2/h69-72,77H,6-68H2,1-5H3,(H,82,83)(H,84,85)/t70-,71+,72+/m0/s1. The van der Waals surface area contributed by atoms with Gasteiger partial charge in [0.2, 0.25) is 0 Å². The first-order chi connectivity index (χ1) is 46.0. The number of ether oxygens (including phenoxy) is 4. The van der Waals surface area contributed by atoms with Crippen LogP contribution in [0.5, 0.6) is 0 Å². The van der Waals surface area contributed by atoms with E-state index in [0.29, 0.717) is 25.7 Å². The highest BCUT2D eigenvalue weighted by Crippen LogP contribution is 2.45. The van der Waals surface area contributed by atoms with Gasteiger partial charge in [-0.3, -0.25) is 37.3 Å². The number of hydrogen-bond donors (Lipinski definition) is 3. The maximum absolute atomic E-state index is 13.1. The Morgan fingerprint density at radius 1 is 0.284 bits per heavy atom. The van der Waals surface area contributed by atoms with Gasteiger partial charge < -0.3 is 33.8 Å². The number of carbonyl (C=O) groups is 4. The average Bonchev–Trinajstić information content (AvgIpc) is 2.01. The molecule has 0 aliphatic heterocycles. The highest BCUT2D eigenvalue weighted by molar-refractivity contribution is 7.47. The summed E-state index contributed by atoms with van der Waals surface area (Å²) < 4.78 is 68.3. The Kier molecular flexibility index (Phi) is 67.7. The molecule has 17 nitrogen and oxygen atoms in total. The molecule has 0 radical (unpaired) electrons. The van der Waals surface area contributed by atoms with Crippen LogP contribution in [0, 0.1) is 5.92 Å². The maximum Gasteiger partial charge on any atom is 0.472 e. The highest BCUT2D eigenvalue weighted by Gasteiger charge is 2.30. The van der Waals surface area contributed by atoms with Gasteiger partial charge in [0, 0.05) is 25.7 Å². The lowest BCUT2D eigenvalue weighted by Crippen LogP contribution is -2.30. The summed E-state index contributed by atoms with van der Waals surface area (Å²) in [5.74, 6) is -1.32. The summed E-state index contributed by atoms with van der Waals surface area (Å²) in [6, 6.07) is 0. The summed E-state index contributed by atoms with van der Waals surface area (Å²) in [6.07, 6.45) is 58.5. The van der Waals surface area contributed by atoms with Crippen LogP contribution < -0.4 is 0 Å². The molecule has 0 aromatic carbocycles. The number of hydrogen-bond acceptors (Lipinski definition) is 15. The third-order valence-electron chi connectivity index (χ3n) is 17.8.